The lowest BCUT2D eigenvalue weighted by molar-refractivity contribution is 0.460. The fourth-order valence-electron chi connectivity index (χ4n) is 4.89. The fourth-order valence-corrected chi connectivity index (χ4v) is 6.42. The van der Waals surface area contributed by atoms with E-state index in [4.69, 9.17) is 28.2 Å². The van der Waals surface area contributed by atoms with Crippen LogP contribution in [0.15, 0.2) is 85.2 Å². The number of fused-ring (bicyclic) bond motifs is 1. The minimum Gasteiger partial charge on any atom is -0.355 e. The highest BCUT2D eigenvalue weighted by Gasteiger charge is 2.27. The van der Waals surface area contributed by atoms with Crippen molar-refractivity contribution >= 4 is 56.1 Å². The number of aromatic nitrogens is 4. The SMILES string of the molecule is O=S(=O)(Nc1ccccc1)NC1CCN(c2ncnc3c2nc(-c2ccccc2Cl)n3-c2ccc(Cl)cc2)CC1. The smallest absolute Gasteiger partial charge is 0.299 e. The van der Waals surface area contributed by atoms with Gasteiger partial charge in [0.05, 0.1) is 5.02 Å². The Morgan fingerprint density at radius 3 is 2.27 bits per heavy atom. The van der Waals surface area contributed by atoms with E-state index in [0.29, 0.717) is 64.5 Å². The number of para-hydroxylation sites is 1. The molecule has 6 rings (SSSR count). The largest absolute Gasteiger partial charge is 0.355 e. The van der Waals surface area contributed by atoms with Crippen LogP contribution in [-0.2, 0) is 10.2 Å². The van der Waals surface area contributed by atoms with Gasteiger partial charge in [0.2, 0.25) is 0 Å². The Bertz CT molecular complexity index is 1760. The maximum atomic E-state index is 12.7. The minimum atomic E-state index is -3.70. The van der Waals surface area contributed by atoms with Gasteiger partial charge in [0.1, 0.15) is 12.2 Å². The molecular formula is C28H25Cl2N7O2S. The first-order valence-electron chi connectivity index (χ1n) is 12.7. The van der Waals surface area contributed by atoms with Crippen molar-refractivity contribution in [1.29, 1.82) is 0 Å². The predicted octanol–water partition coefficient (Wildman–Crippen LogP) is 5.70. The first-order chi connectivity index (χ1) is 19.4. The molecule has 0 atom stereocenters. The van der Waals surface area contributed by atoms with E-state index in [1.807, 2.05) is 59.2 Å². The summed E-state index contributed by atoms with van der Waals surface area (Å²) < 4.78 is 32.6. The molecule has 5 aromatic rings. The Balaban J connectivity index is 1.29. The van der Waals surface area contributed by atoms with Crippen molar-refractivity contribution in [1.82, 2.24) is 24.2 Å². The van der Waals surface area contributed by atoms with Crippen LogP contribution in [0.25, 0.3) is 28.2 Å². The van der Waals surface area contributed by atoms with E-state index in [0.717, 1.165) is 11.3 Å². The third-order valence-corrected chi connectivity index (χ3v) is 8.50. The molecule has 0 aliphatic carbocycles. The van der Waals surface area contributed by atoms with Gasteiger partial charge in [-0.15, -0.1) is 0 Å². The summed E-state index contributed by atoms with van der Waals surface area (Å²) in [5.41, 5.74) is 3.39. The highest BCUT2D eigenvalue weighted by molar-refractivity contribution is 7.90. The maximum Gasteiger partial charge on any atom is 0.299 e. The molecule has 1 aliphatic heterocycles. The monoisotopic (exact) mass is 593 g/mol. The number of benzene rings is 3. The van der Waals surface area contributed by atoms with E-state index >= 15 is 0 Å². The van der Waals surface area contributed by atoms with Crippen LogP contribution < -0.4 is 14.3 Å². The van der Waals surface area contributed by atoms with Crippen LogP contribution in [0.3, 0.4) is 0 Å². The lowest BCUT2D eigenvalue weighted by Crippen LogP contribution is -2.46. The topological polar surface area (TPSA) is 105 Å². The summed E-state index contributed by atoms with van der Waals surface area (Å²) in [6.07, 6.45) is 2.74. The number of piperidine rings is 1. The van der Waals surface area contributed by atoms with E-state index in [1.165, 1.54) is 6.33 Å². The van der Waals surface area contributed by atoms with E-state index in [9.17, 15) is 8.42 Å². The van der Waals surface area contributed by atoms with Crippen molar-refractivity contribution in [2.75, 3.05) is 22.7 Å². The van der Waals surface area contributed by atoms with Gasteiger partial charge in [0.15, 0.2) is 17.0 Å². The zero-order chi connectivity index (χ0) is 27.7. The van der Waals surface area contributed by atoms with E-state index in [-0.39, 0.29) is 6.04 Å². The first kappa shape index (κ1) is 26.5. The van der Waals surface area contributed by atoms with E-state index < -0.39 is 10.2 Å². The summed E-state index contributed by atoms with van der Waals surface area (Å²) >= 11 is 12.8. The van der Waals surface area contributed by atoms with Gasteiger partial charge in [-0.3, -0.25) is 9.29 Å². The second-order valence-corrected chi connectivity index (χ2v) is 11.7. The lowest BCUT2D eigenvalue weighted by atomic mass is 10.1. The van der Waals surface area contributed by atoms with Crippen LogP contribution in [0.5, 0.6) is 0 Å². The number of nitrogens with zero attached hydrogens (tertiary/aromatic N) is 5. The van der Waals surface area contributed by atoms with E-state index in [1.54, 1.807) is 24.3 Å². The molecule has 1 saturated heterocycles. The van der Waals surface area contributed by atoms with Gasteiger partial charge in [-0.05, 0) is 61.4 Å². The van der Waals surface area contributed by atoms with Gasteiger partial charge in [-0.1, -0.05) is 53.5 Å². The van der Waals surface area contributed by atoms with Gasteiger partial charge in [0, 0.05) is 41.1 Å². The van der Waals surface area contributed by atoms with Crippen molar-refractivity contribution in [2.45, 2.75) is 18.9 Å². The molecule has 3 aromatic carbocycles. The highest BCUT2D eigenvalue weighted by Crippen LogP contribution is 2.35. The van der Waals surface area contributed by atoms with Gasteiger partial charge in [-0.25, -0.2) is 15.0 Å². The standard InChI is InChI=1S/C28H25Cl2N7O2S/c29-19-10-12-22(13-11-19)37-26(23-8-4-5-9-24(23)30)33-25-27(31-18-32-28(25)37)36-16-14-21(15-17-36)35-40(38,39)34-20-6-2-1-3-7-20/h1-13,18,21,34-35H,14-17H2. The molecule has 0 spiro atoms. The molecule has 0 unspecified atom stereocenters. The van der Waals surface area contributed by atoms with Crippen molar-refractivity contribution in [2.24, 2.45) is 0 Å². The van der Waals surface area contributed by atoms with Gasteiger partial charge in [-0.2, -0.15) is 13.1 Å². The molecule has 9 nitrogen and oxygen atoms in total. The third kappa shape index (κ3) is 5.48. The minimum absolute atomic E-state index is 0.208. The summed E-state index contributed by atoms with van der Waals surface area (Å²) in [6, 6.07) is 23.6. The number of anilines is 2. The van der Waals surface area contributed by atoms with Crippen LogP contribution in [0.4, 0.5) is 11.5 Å². The predicted molar refractivity (Wildman–Crippen MR) is 159 cm³/mol. The Labute approximate surface area is 242 Å². The Morgan fingerprint density at radius 1 is 0.850 bits per heavy atom. The first-order valence-corrected chi connectivity index (χ1v) is 15.0. The van der Waals surface area contributed by atoms with Gasteiger partial charge >= 0.3 is 0 Å². The number of rotatable bonds is 7. The molecule has 0 bridgehead atoms. The number of halogens is 2. The Morgan fingerprint density at radius 2 is 1.55 bits per heavy atom. The number of imidazole rings is 1. The molecule has 3 heterocycles. The summed E-state index contributed by atoms with van der Waals surface area (Å²) in [6.45, 7) is 1.19. The normalized spacial score (nSPS) is 14.5. The maximum absolute atomic E-state index is 12.7. The molecule has 1 fully saturated rings. The van der Waals surface area contributed by atoms with Gasteiger partial charge in [0.25, 0.3) is 10.2 Å². The molecule has 2 N–H and O–H groups in total. The van der Waals surface area contributed by atoms with E-state index in [2.05, 4.69) is 24.3 Å². The molecule has 0 radical (unpaired) electrons. The van der Waals surface area contributed by atoms with Crippen molar-refractivity contribution in [3.8, 4) is 17.1 Å². The van der Waals surface area contributed by atoms with Crippen LogP contribution in [0.2, 0.25) is 10.0 Å². The molecule has 0 amide bonds. The van der Waals surface area contributed by atoms with Crippen molar-refractivity contribution in [3.05, 3.63) is 95.2 Å². The third-order valence-electron chi connectivity index (χ3n) is 6.77. The highest BCUT2D eigenvalue weighted by atomic mass is 35.5. The summed E-state index contributed by atoms with van der Waals surface area (Å²) in [4.78, 5) is 16.3. The average Bonchev–Trinajstić information content (AvgIpc) is 3.34. The Kier molecular flexibility index (Phi) is 7.33. The second-order valence-electron chi connectivity index (χ2n) is 9.45. The average molecular weight is 595 g/mol. The van der Waals surface area contributed by atoms with Crippen LogP contribution in [0, 0.1) is 0 Å². The summed E-state index contributed by atoms with van der Waals surface area (Å²) in [5, 5.41) is 1.19. The van der Waals surface area contributed by atoms with Crippen LogP contribution in [-0.4, -0.2) is 47.1 Å². The molecular weight excluding hydrogens is 569 g/mol. The molecule has 12 heteroatoms. The summed E-state index contributed by atoms with van der Waals surface area (Å²) in [7, 11) is -3.70. The van der Waals surface area contributed by atoms with Crippen molar-refractivity contribution < 1.29 is 8.42 Å². The zero-order valence-corrected chi connectivity index (χ0v) is 23.5. The molecule has 2 aromatic heterocycles. The van der Waals surface area contributed by atoms with Crippen LogP contribution in [0.1, 0.15) is 12.8 Å². The fraction of sp³-hybridized carbons (Fsp3) is 0.179. The lowest BCUT2D eigenvalue weighted by Gasteiger charge is -2.32. The molecule has 1 aliphatic rings. The Hall–Kier alpha value is -3.70. The van der Waals surface area contributed by atoms with Gasteiger partial charge < -0.3 is 4.90 Å². The number of hydrogen-bond donors (Lipinski definition) is 2. The number of hydrogen-bond acceptors (Lipinski definition) is 6. The molecule has 204 valence electrons. The molecule has 40 heavy (non-hydrogen) atoms. The second kappa shape index (κ2) is 11.1. The quantitative estimate of drug-likeness (QED) is 0.250. The van der Waals surface area contributed by atoms with Crippen molar-refractivity contribution in [3.63, 3.8) is 0 Å². The summed E-state index contributed by atoms with van der Waals surface area (Å²) in [5.74, 6) is 1.33. The zero-order valence-electron chi connectivity index (χ0n) is 21.2. The number of nitrogens with one attached hydrogen (secondary N) is 2. The van der Waals surface area contributed by atoms with Crippen LogP contribution >= 0.6 is 23.2 Å². The molecule has 0 saturated carbocycles.